The Kier molecular flexibility index (Phi) is 5.73. The van der Waals surface area contributed by atoms with Gasteiger partial charge in [0.1, 0.15) is 5.78 Å². The number of benzene rings is 1. The van der Waals surface area contributed by atoms with Crippen LogP contribution < -0.4 is 16.0 Å². The van der Waals surface area contributed by atoms with Crippen LogP contribution in [0.15, 0.2) is 27.8 Å². The molecular formula is C17H23N3O3. The smallest absolute Gasteiger partial charge is 0.270 e. The summed E-state index contributed by atoms with van der Waals surface area (Å²) in [6.07, 6.45) is 3.55. The highest BCUT2D eigenvalue weighted by molar-refractivity contribution is 5.84. The molecule has 0 saturated carbocycles. The lowest BCUT2D eigenvalue weighted by atomic mass is 10.1. The predicted octanol–water partition coefficient (Wildman–Crippen LogP) is 2.19. The van der Waals surface area contributed by atoms with Gasteiger partial charge in [0.05, 0.1) is 10.8 Å². The summed E-state index contributed by atoms with van der Waals surface area (Å²) >= 11 is 0. The molecule has 1 aromatic heterocycles. The highest BCUT2D eigenvalue weighted by Gasteiger charge is 2.08. The molecule has 0 saturated heterocycles. The summed E-state index contributed by atoms with van der Waals surface area (Å²) in [7, 11) is 0. The number of aromatic amines is 2. The quantitative estimate of drug-likeness (QED) is 0.731. The van der Waals surface area contributed by atoms with Crippen LogP contribution in [-0.2, 0) is 4.79 Å². The number of ketones is 1. The van der Waals surface area contributed by atoms with Gasteiger partial charge in [0, 0.05) is 25.2 Å². The summed E-state index contributed by atoms with van der Waals surface area (Å²) in [5.74, 6) is 0.233. The lowest BCUT2D eigenvalue weighted by molar-refractivity contribution is -0.117. The molecule has 0 unspecified atom stereocenters. The summed E-state index contributed by atoms with van der Waals surface area (Å²) < 4.78 is 0. The fourth-order valence-corrected chi connectivity index (χ4v) is 2.69. The number of H-pyrrole nitrogens is 2. The number of hydrogen-bond acceptors (Lipinski definition) is 4. The van der Waals surface area contributed by atoms with E-state index in [4.69, 9.17) is 0 Å². The number of anilines is 1. The van der Waals surface area contributed by atoms with E-state index in [-0.39, 0.29) is 16.9 Å². The first-order valence-corrected chi connectivity index (χ1v) is 8.02. The molecule has 1 aromatic carbocycles. The third kappa shape index (κ3) is 4.31. The Morgan fingerprint density at radius 2 is 1.74 bits per heavy atom. The monoisotopic (exact) mass is 317 g/mol. The second-order valence-electron chi connectivity index (χ2n) is 5.73. The van der Waals surface area contributed by atoms with Crippen LogP contribution in [0.3, 0.4) is 0 Å². The molecule has 1 heterocycles. The number of aromatic nitrogens is 2. The predicted molar refractivity (Wildman–Crippen MR) is 92.2 cm³/mol. The van der Waals surface area contributed by atoms with Gasteiger partial charge in [0.25, 0.3) is 11.1 Å². The number of Topliss-reactive ketones (excluding diaryl/α,β-unsaturated/α-hetero) is 1. The van der Waals surface area contributed by atoms with Crippen LogP contribution in [0.4, 0.5) is 5.69 Å². The van der Waals surface area contributed by atoms with Crippen LogP contribution in [0.1, 0.15) is 39.5 Å². The lowest BCUT2D eigenvalue weighted by Crippen LogP contribution is -2.25. The minimum absolute atomic E-state index is 0.233. The van der Waals surface area contributed by atoms with Crippen molar-refractivity contribution < 1.29 is 4.79 Å². The van der Waals surface area contributed by atoms with E-state index in [1.165, 1.54) is 0 Å². The molecule has 23 heavy (non-hydrogen) atoms. The summed E-state index contributed by atoms with van der Waals surface area (Å²) in [4.78, 5) is 36.7. The van der Waals surface area contributed by atoms with Crippen LogP contribution in [0.25, 0.3) is 10.8 Å². The third-order valence-electron chi connectivity index (χ3n) is 3.99. The number of nitrogens with one attached hydrogen (secondary N) is 2. The summed E-state index contributed by atoms with van der Waals surface area (Å²) in [5.41, 5.74) is 0.347. The highest BCUT2D eigenvalue weighted by Crippen LogP contribution is 2.18. The largest absolute Gasteiger partial charge is 0.372 e. The van der Waals surface area contributed by atoms with Crippen molar-refractivity contribution in [1.29, 1.82) is 0 Å². The average molecular weight is 317 g/mol. The maximum atomic E-state index is 11.9. The number of rotatable bonds is 8. The molecule has 0 atom stereocenters. The zero-order valence-electron chi connectivity index (χ0n) is 13.6. The van der Waals surface area contributed by atoms with Crippen molar-refractivity contribution in [1.82, 2.24) is 10.2 Å². The number of hydrogen-bond donors (Lipinski definition) is 2. The van der Waals surface area contributed by atoms with E-state index in [9.17, 15) is 14.4 Å². The normalized spacial score (nSPS) is 10.9. The van der Waals surface area contributed by atoms with E-state index in [0.29, 0.717) is 17.2 Å². The van der Waals surface area contributed by atoms with Crippen molar-refractivity contribution in [2.75, 3.05) is 18.0 Å². The van der Waals surface area contributed by atoms with Gasteiger partial charge in [-0.1, -0.05) is 6.42 Å². The van der Waals surface area contributed by atoms with E-state index in [1.54, 1.807) is 19.1 Å². The van der Waals surface area contributed by atoms with Gasteiger partial charge in [0.2, 0.25) is 0 Å². The Morgan fingerprint density at radius 1 is 1.04 bits per heavy atom. The van der Waals surface area contributed by atoms with Gasteiger partial charge in [-0.3, -0.25) is 19.8 Å². The van der Waals surface area contributed by atoms with E-state index < -0.39 is 0 Å². The second kappa shape index (κ2) is 7.76. The molecule has 0 radical (unpaired) electrons. The minimum atomic E-state index is -0.293. The molecule has 0 aliphatic rings. The zero-order chi connectivity index (χ0) is 16.8. The van der Waals surface area contributed by atoms with Crippen molar-refractivity contribution in [3.05, 3.63) is 38.9 Å². The SMILES string of the molecule is CCN(CCCCCC(C)=O)c1ccc2c(=O)[nH][nH]c(=O)c2c1. The fourth-order valence-electron chi connectivity index (χ4n) is 2.69. The topological polar surface area (TPSA) is 86.0 Å². The molecule has 6 nitrogen and oxygen atoms in total. The zero-order valence-corrected chi connectivity index (χ0v) is 13.6. The Labute approximate surface area is 134 Å². The number of carbonyl (C=O) groups excluding carboxylic acids is 1. The van der Waals surface area contributed by atoms with Gasteiger partial charge in [-0.25, -0.2) is 0 Å². The van der Waals surface area contributed by atoms with Crippen LogP contribution in [0.2, 0.25) is 0 Å². The molecule has 124 valence electrons. The van der Waals surface area contributed by atoms with Gasteiger partial charge >= 0.3 is 0 Å². The van der Waals surface area contributed by atoms with E-state index >= 15 is 0 Å². The van der Waals surface area contributed by atoms with Crippen molar-refractivity contribution in [2.24, 2.45) is 0 Å². The molecule has 0 spiro atoms. The molecule has 0 bridgehead atoms. The Balaban J connectivity index is 2.10. The van der Waals surface area contributed by atoms with Gasteiger partial charge in [-0.05, 0) is 44.9 Å². The average Bonchev–Trinajstić information content (AvgIpc) is 2.54. The first-order valence-electron chi connectivity index (χ1n) is 8.02. The molecular weight excluding hydrogens is 294 g/mol. The molecule has 2 N–H and O–H groups in total. The fraction of sp³-hybridized carbons (Fsp3) is 0.471. The van der Waals surface area contributed by atoms with Crippen LogP contribution in [-0.4, -0.2) is 29.1 Å². The Hall–Kier alpha value is -2.37. The second-order valence-corrected chi connectivity index (χ2v) is 5.73. The van der Waals surface area contributed by atoms with Crippen LogP contribution in [0, 0.1) is 0 Å². The molecule has 0 amide bonds. The Bertz CT molecular complexity index is 792. The standard InChI is InChI=1S/C17H23N3O3/c1-3-20(10-6-4-5-7-12(2)21)13-8-9-14-15(11-13)17(23)19-18-16(14)22/h8-9,11H,3-7,10H2,1-2H3,(H,18,22)(H,19,23). The van der Waals surface area contributed by atoms with Crippen molar-refractivity contribution in [3.63, 3.8) is 0 Å². The molecule has 0 fully saturated rings. The summed E-state index contributed by atoms with van der Waals surface area (Å²) in [5, 5.41) is 5.48. The maximum Gasteiger partial charge on any atom is 0.270 e. The minimum Gasteiger partial charge on any atom is -0.372 e. The highest BCUT2D eigenvalue weighted by atomic mass is 16.1. The number of carbonyl (C=O) groups is 1. The van der Waals surface area contributed by atoms with E-state index in [1.807, 2.05) is 6.07 Å². The van der Waals surface area contributed by atoms with Gasteiger partial charge in [0.15, 0.2) is 0 Å². The molecule has 0 aliphatic heterocycles. The summed E-state index contributed by atoms with van der Waals surface area (Å²) in [6.45, 7) is 5.36. The third-order valence-corrected chi connectivity index (χ3v) is 3.99. The molecule has 0 aliphatic carbocycles. The van der Waals surface area contributed by atoms with Crippen molar-refractivity contribution >= 4 is 22.2 Å². The van der Waals surface area contributed by atoms with Crippen LogP contribution >= 0.6 is 0 Å². The van der Waals surface area contributed by atoms with Crippen molar-refractivity contribution in [3.8, 4) is 0 Å². The van der Waals surface area contributed by atoms with E-state index in [0.717, 1.165) is 38.0 Å². The van der Waals surface area contributed by atoms with E-state index in [2.05, 4.69) is 22.0 Å². The Morgan fingerprint density at radius 3 is 2.39 bits per heavy atom. The van der Waals surface area contributed by atoms with Gasteiger partial charge < -0.3 is 9.69 Å². The van der Waals surface area contributed by atoms with Gasteiger partial charge in [-0.15, -0.1) is 0 Å². The van der Waals surface area contributed by atoms with Crippen molar-refractivity contribution in [2.45, 2.75) is 39.5 Å². The van der Waals surface area contributed by atoms with Crippen LogP contribution in [0.5, 0.6) is 0 Å². The maximum absolute atomic E-state index is 11.9. The lowest BCUT2D eigenvalue weighted by Gasteiger charge is -2.23. The molecule has 2 rings (SSSR count). The number of nitrogens with zero attached hydrogens (tertiary/aromatic N) is 1. The first kappa shape index (κ1) is 17.0. The molecule has 6 heteroatoms. The first-order chi connectivity index (χ1) is 11.0. The van der Waals surface area contributed by atoms with Gasteiger partial charge in [-0.2, -0.15) is 0 Å². The summed E-state index contributed by atoms with van der Waals surface area (Å²) in [6, 6.07) is 5.33. The number of unbranched alkanes of at least 4 members (excludes halogenated alkanes) is 2. The number of fused-ring (bicyclic) bond motifs is 1. The molecule has 2 aromatic rings.